The Hall–Kier alpha value is -2.73. The van der Waals surface area contributed by atoms with Gasteiger partial charge in [-0.1, -0.05) is 42.6 Å². The predicted molar refractivity (Wildman–Crippen MR) is 120 cm³/mol. The molecule has 0 aromatic heterocycles. The van der Waals surface area contributed by atoms with Gasteiger partial charge in [-0.15, -0.1) is 0 Å². The van der Waals surface area contributed by atoms with Gasteiger partial charge in [-0.2, -0.15) is 0 Å². The van der Waals surface area contributed by atoms with E-state index in [2.05, 4.69) is 5.32 Å². The normalized spacial score (nSPS) is 14.7. The minimum Gasteiger partial charge on any atom is -0.497 e. The summed E-state index contributed by atoms with van der Waals surface area (Å²) in [7, 11) is 1.60. The molecule has 1 unspecified atom stereocenters. The Labute approximate surface area is 188 Å². The maximum Gasteiger partial charge on any atom is 0.261 e. The van der Waals surface area contributed by atoms with Gasteiger partial charge in [-0.25, -0.2) is 0 Å². The number of hydrogen-bond donors (Lipinski definition) is 1. The van der Waals surface area contributed by atoms with Gasteiger partial charge < -0.3 is 19.7 Å². The van der Waals surface area contributed by atoms with Gasteiger partial charge in [0.2, 0.25) is 5.91 Å². The van der Waals surface area contributed by atoms with Crippen LogP contribution in [0, 0.1) is 0 Å². The number of hydrogen-bond acceptors (Lipinski definition) is 4. The first-order chi connectivity index (χ1) is 15.0. The quantitative estimate of drug-likeness (QED) is 0.629. The zero-order valence-electron chi connectivity index (χ0n) is 18.0. The zero-order chi connectivity index (χ0) is 22.2. The van der Waals surface area contributed by atoms with Crippen molar-refractivity contribution in [2.45, 2.75) is 51.2 Å². The van der Waals surface area contributed by atoms with Crippen LogP contribution in [0.5, 0.6) is 11.5 Å². The number of rotatable bonds is 9. The van der Waals surface area contributed by atoms with Crippen molar-refractivity contribution < 1.29 is 19.1 Å². The molecule has 31 heavy (non-hydrogen) atoms. The van der Waals surface area contributed by atoms with Crippen molar-refractivity contribution in [2.75, 3.05) is 13.7 Å². The van der Waals surface area contributed by atoms with Crippen molar-refractivity contribution >= 4 is 23.4 Å². The molecule has 3 rings (SSSR count). The number of halogens is 1. The number of methoxy groups -OCH3 is 1. The van der Waals surface area contributed by atoms with E-state index in [1.807, 2.05) is 24.3 Å². The molecule has 2 amide bonds. The Balaban J connectivity index is 1.71. The Morgan fingerprint density at radius 2 is 1.84 bits per heavy atom. The first-order valence-corrected chi connectivity index (χ1v) is 10.9. The van der Waals surface area contributed by atoms with Crippen molar-refractivity contribution in [1.82, 2.24) is 10.2 Å². The molecule has 1 aliphatic carbocycles. The maximum absolute atomic E-state index is 13.1. The Morgan fingerprint density at radius 1 is 1.13 bits per heavy atom. The number of nitrogens with zero attached hydrogens (tertiary/aromatic N) is 1. The second-order valence-corrected chi connectivity index (χ2v) is 8.22. The van der Waals surface area contributed by atoms with Crippen molar-refractivity contribution in [2.24, 2.45) is 0 Å². The summed E-state index contributed by atoms with van der Waals surface area (Å²) >= 11 is 5.99. The average Bonchev–Trinajstić information content (AvgIpc) is 3.29. The van der Waals surface area contributed by atoms with Gasteiger partial charge >= 0.3 is 0 Å². The van der Waals surface area contributed by atoms with Crippen molar-refractivity contribution in [3.05, 3.63) is 59.1 Å². The molecule has 6 nitrogen and oxygen atoms in total. The standard InChI is InChI=1S/C24H29ClN2O4/c1-17(24(29)26-20-7-3-4-8-20)27(15-18-10-12-21(30-2)13-11-18)23(28)16-31-22-9-5-6-19(25)14-22/h5-6,9-14,17,20H,3-4,7-8,15-16H2,1-2H3,(H,26,29). The van der Waals surface area contributed by atoms with Crippen LogP contribution in [0.1, 0.15) is 38.2 Å². The molecule has 0 spiro atoms. The summed E-state index contributed by atoms with van der Waals surface area (Å²) < 4.78 is 10.8. The van der Waals surface area contributed by atoms with Crippen LogP contribution in [0.4, 0.5) is 0 Å². The summed E-state index contributed by atoms with van der Waals surface area (Å²) in [5.41, 5.74) is 0.900. The zero-order valence-corrected chi connectivity index (χ0v) is 18.7. The molecule has 0 saturated heterocycles. The summed E-state index contributed by atoms with van der Waals surface area (Å²) in [5.74, 6) is 0.827. The number of amides is 2. The highest BCUT2D eigenvalue weighted by molar-refractivity contribution is 6.30. The molecule has 1 aliphatic rings. The van der Waals surface area contributed by atoms with E-state index >= 15 is 0 Å². The van der Waals surface area contributed by atoms with Gasteiger partial charge in [0.25, 0.3) is 5.91 Å². The summed E-state index contributed by atoms with van der Waals surface area (Å²) in [6.45, 7) is 1.86. The fraction of sp³-hybridized carbons (Fsp3) is 0.417. The minimum atomic E-state index is -0.627. The van der Waals surface area contributed by atoms with Gasteiger partial charge in [-0.05, 0) is 55.7 Å². The van der Waals surface area contributed by atoms with Crippen molar-refractivity contribution in [1.29, 1.82) is 0 Å². The molecule has 0 heterocycles. The molecule has 0 radical (unpaired) electrons. The van der Waals surface area contributed by atoms with E-state index in [0.717, 1.165) is 37.0 Å². The molecule has 2 aromatic rings. The predicted octanol–water partition coefficient (Wildman–Crippen LogP) is 4.20. The molecule has 1 saturated carbocycles. The van der Waals surface area contributed by atoms with E-state index in [0.29, 0.717) is 17.3 Å². The maximum atomic E-state index is 13.1. The van der Waals surface area contributed by atoms with Crippen LogP contribution in [-0.4, -0.2) is 42.5 Å². The number of nitrogens with one attached hydrogen (secondary N) is 1. The monoisotopic (exact) mass is 444 g/mol. The largest absolute Gasteiger partial charge is 0.497 e. The van der Waals surface area contributed by atoms with Crippen LogP contribution in [0.15, 0.2) is 48.5 Å². The fourth-order valence-electron chi connectivity index (χ4n) is 3.69. The van der Waals surface area contributed by atoms with Gasteiger partial charge in [0.15, 0.2) is 6.61 Å². The number of carbonyl (C=O) groups excluding carboxylic acids is 2. The first kappa shape index (κ1) is 22.9. The van der Waals surface area contributed by atoms with Gasteiger partial charge in [-0.3, -0.25) is 9.59 Å². The highest BCUT2D eigenvalue weighted by Crippen LogP contribution is 2.20. The third-order valence-electron chi connectivity index (χ3n) is 5.54. The SMILES string of the molecule is COc1ccc(CN(C(=O)COc2cccc(Cl)c2)C(C)C(=O)NC2CCCC2)cc1. The van der Waals surface area contributed by atoms with E-state index in [1.54, 1.807) is 43.2 Å². The average molecular weight is 445 g/mol. The van der Waals surface area contributed by atoms with Crippen molar-refractivity contribution in [3.63, 3.8) is 0 Å². The lowest BCUT2D eigenvalue weighted by atomic mass is 10.1. The van der Waals surface area contributed by atoms with E-state index < -0.39 is 6.04 Å². The minimum absolute atomic E-state index is 0.142. The van der Waals surface area contributed by atoms with E-state index in [4.69, 9.17) is 21.1 Å². The van der Waals surface area contributed by atoms with Crippen LogP contribution < -0.4 is 14.8 Å². The molecule has 1 N–H and O–H groups in total. The molecule has 7 heteroatoms. The smallest absolute Gasteiger partial charge is 0.261 e. The van der Waals surface area contributed by atoms with Crippen LogP contribution in [-0.2, 0) is 16.1 Å². The Bertz CT molecular complexity index is 881. The second kappa shape index (κ2) is 11.0. The van der Waals surface area contributed by atoms with Crippen LogP contribution >= 0.6 is 11.6 Å². The lowest BCUT2D eigenvalue weighted by molar-refractivity contribution is -0.142. The van der Waals surface area contributed by atoms with Crippen LogP contribution in [0.25, 0.3) is 0 Å². The number of benzene rings is 2. The van der Waals surface area contributed by atoms with Crippen molar-refractivity contribution in [3.8, 4) is 11.5 Å². The number of ether oxygens (including phenoxy) is 2. The molecular formula is C24H29ClN2O4. The third-order valence-corrected chi connectivity index (χ3v) is 5.77. The fourth-order valence-corrected chi connectivity index (χ4v) is 3.87. The molecular weight excluding hydrogens is 416 g/mol. The third kappa shape index (κ3) is 6.62. The summed E-state index contributed by atoms with van der Waals surface area (Å²) in [6.07, 6.45) is 4.23. The molecule has 1 atom stereocenters. The molecule has 0 aliphatic heterocycles. The van der Waals surface area contributed by atoms with Gasteiger partial charge in [0.1, 0.15) is 17.5 Å². The Morgan fingerprint density at radius 3 is 2.48 bits per heavy atom. The second-order valence-electron chi connectivity index (χ2n) is 7.78. The number of carbonyl (C=O) groups is 2. The molecule has 1 fully saturated rings. The lowest BCUT2D eigenvalue weighted by Gasteiger charge is -2.29. The summed E-state index contributed by atoms with van der Waals surface area (Å²) in [6, 6.07) is 13.9. The summed E-state index contributed by atoms with van der Waals surface area (Å²) in [5, 5.41) is 3.62. The Kier molecular flexibility index (Phi) is 8.18. The van der Waals surface area contributed by atoms with Crippen LogP contribution in [0.3, 0.4) is 0 Å². The van der Waals surface area contributed by atoms with E-state index in [-0.39, 0.29) is 24.5 Å². The molecule has 0 bridgehead atoms. The molecule has 166 valence electrons. The van der Waals surface area contributed by atoms with E-state index in [1.165, 1.54) is 0 Å². The topological polar surface area (TPSA) is 67.9 Å². The first-order valence-electron chi connectivity index (χ1n) is 10.6. The highest BCUT2D eigenvalue weighted by atomic mass is 35.5. The van der Waals surface area contributed by atoms with Crippen LogP contribution in [0.2, 0.25) is 5.02 Å². The van der Waals surface area contributed by atoms with Gasteiger partial charge in [0, 0.05) is 17.6 Å². The van der Waals surface area contributed by atoms with E-state index in [9.17, 15) is 9.59 Å². The summed E-state index contributed by atoms with van der Waals surface area (Å²) in [4.78, 5) is 27.5. The van der Waals surface area contributed by atoms with Gasteiger partial charge in [0.05, 0.1) is 7.11 Å². The highest BCUT2D eigenvalue weighted by Gasteiger charge is 2.28. The lowest BCUT2D eigenvalue weighted by Crippen LogP contribution is -2.50. The molecule has 2 aromatic carbocycles.